The normalized spacial score (nSPS) is 18.8. The summed E-state index contributed by atoms with van der Waals surface area (Å²) in [5, 5.41) is 0. The maximum atomic E-state index is 13.2. The molecule has 24 heavy (non-hydrogen) atoms. The minimum absolute atomic E-state index is 0.129. The molecule has 2 aromatic rings. The Hall–Kier alpha value is -2.06. The molecule has 1 spiro atoms. The molecule has 2 saturated heterocycles. The lowest BCUT2D eigenvalue weighted by Crippen LogP contribution is -2.62. The Balaban J connectivity index is 1.55. The molecule has 0 unspecified atom stereocenters. The fourth-order valence-corrected chi connectivity index (χ4v) is 3.43. The highest BCUT2D eigenvalue weighted by atomic mass is 79.9. The molecular formula is C16H13BrFN3O3. The van der Waals surface area contributed by atoms with Crippen molar-refractivity contribution >= 4 is 27.5 Å². The largest absolute Gasteiger partial charge is 0.451 e. The minimum Gasteiger partial charge on any atom is -0.451 e. The van der Waals surface area contributed by atoms with Crippen LogP contribution in [0.1, 0.15) is 6.42 Å². The van der Waals surface area contributed by atoms with E-state index in [1.807, 2.05) is 4.90 Å². The van der Waals surface area contributed by atoms with E-state index >= 15 is 0 Å². The average Bonchev–Trinajstić information content (AvgIpc) is 2.92. The van der Waals surface area contributed by atoms with E-state index in [0.29, 0.717) is 41.3 Å². The van der Waals surface area contributed by atoms with Crippen molar-refractivity contribution < 1.29 is 18.7 Å². The predicted octanol–water partition coefficient (Wildman–Crippen LogP) is 2.72. The Bertz CT molecular complexity index is 811. The second-order valence-electron chi connectivity index (χ2n) is 5.93. The second kappa shape index (κ2) is 5.78. The van der Waals surface area contributed by atoms with Crippen molar-refractivity contribution in [3.05, 3.63) is 41.0 Å². The third kappa shape index (κ3) is 2.76. The lowest BCUT2D eigenvalue weighted by Gasteiger charge is -2.47. The molecule has 0 bridgehead atoms. The molecule has 124 valence electrons. The van der Waals surface area contributed by atoms with E-state index in [4.69, 9.17) is 9.47 Å². The molecule has 8 heteroatoms. The number of hydrogen-bond donors (Lipinski definition) is 0. The molecule has 4 rings (SSSR count). The molecular weight excluding hydrogens is 381 g/mol. The van der Waals surface area contributed by atoms with Gasteiger partial charge in [0.15, 0.2) is 17.4 Å². The monoisotopic (exact) mass is 393 g/mol. The van der Waals surface area contributed by atoms with Gasteiger partial charge >= 0.3 is 0 Å². The van der Waals surface area contributed by atoms with E-state index < -0.39 is 5.60 Å². The van der Waals surface area contributed by atoms with Crippen LogP contribution in [-0.2, 0) is 9.53 Å². The fraction of sp³-hybridized carbons (Fsp3) is 0.312. The first-order valence-corrected chi connectivity index (χ1v) is 8.17. The van der Waals surface area contributed by atoms with E-state index in [0.717, 1.165) is 0 Å². The zero-order chi connectivity index (χ0) is 16.7. The van der Waals surface area contributed by atoms with Crippen LogP contribution >= 0.6 is 15.9 Å². The third-order valence-electron chi connectivity index (χ3n) is 4.09. The lowest BCUT2D eigenvalue weighted by molar-refractivity contribution is -0.117. The van der Waals surface area contributed by atoms with Crippen molar-refractivity contribution in [2.24, 2.45) is 0 Å². The van der Waals surface area contributed by atoms with Crippen LogP contribution in [-0.4, -0.2) is 41.0 Å². The maximum absolute atomic E-state index is 13.2. The number of anilines is 1. The van der Waals surface area contributed by atoms with E-state index in [9.17, 15) is 9.18 Å². The highest BCUT2D eigenvalue weighted by Gasteiger charge is 2.50. The number of rotatable bonds is 3. The summed E-state index contributed by atoms with van der Waals surface area (Å²) in [5.74, 6) is 1.32. The first-order valence-electron chi connectivity index (χ1n) is 7.38. The number of ketones is 1. The smallest absolute Gasteiger partial charge is 0.188 e. The molecule has 1 aromatic heterocycles. The van der Waals surface area contributed by atoms with Gasteiger partial charge in [-0.05, 0) is 34.1 Å². The van der Waals surface area contributed by atoms with E-state index in [1.54, 1.807) is 6.20 Å². The maximum Gasteiger partial charge on any atom is 0.188 e. The van der Waals surface area contributed by atoms with Crippen LogP contribution in [0.3, 0.4) is 0 Å². The van der Waals surface area contributed by atoms with Crippen molar-refractivity contribution in [3.63, 3.8) is 0 Å². The Morgan fingerprint density at radius 3 is 2.88 bits per heavy atom. The molecule has 0 N–H and O–H groups in total. The van der Waals surface area contributed by atoms with Crippen molar-refractivity contribution in [1.82, 2.24) is 9.97 Å². The quantitative estimate of drug-likeness (QED) is 0.798. The predicted molar refractivity (Wildman–Crippen MR) is 86.7 cm³/mol. The summed E-state index contributed by atoms with van der Waals surface area (Å²) >= 11 is 3.28. The molecule has 0 saturated carbocycles. The highest BCUT2D eigenvalue weighted by Crippen LogP contribution is 2.40. The summed E-state index contributed by atoms with van der Waals surface area (Å²) in [4.78, 5) is 21.7. The number of nitrogens with zero attached hydrogens (tertiary/aromatic N) is 3. The topological polar surface area (TPSA) is 64.5 Å². The summed E-state index contributed by atoms with van der Waals surface area (Å²) in [5.41, 5.74) is -0.393. The van der Waals surface area contributed by atoms with Gasteiger partial charge in [0.05, 0.1) is 23.8 Å². The van der Waals surface area contributed by atoms with Crippen LogP contribution in [0.2, 0.25) is 0 Å². The van der Waals surface area contributed by atoms with Crippen molar-refractivity contribution in [1.29, 1.82) is 0 Å². The number of carbonyl (C=O) groups excluding carboxylic acids is 1. The molecule has 0 amide bonds. The fourth-order valence-electron chi connectivity index (χ4n) is 2.99. The van der Waals surface area contributed by atoms with Gasteiger partial charge in [-0.3, -0.25) is 4.79 Å². The van der Waals surface area contributed by atoms with Crippen molar-refractivity contribution in [2.75, 3.05) is 24.6 Å². The number of halogens is 2. The first-order chi connectivity index (χ1) is 11.5. The highest BCUT2D eigenvalue weighted by molar-refractivity contribution is 9.10. The Kier molecular flexibility index (Phi) is 3.73. The number of aromatic nitrogens is 2. The number of benzene rings is 1. The van der Waals surface area contributed by atoms with Crippen molar-refractivity contribution in [3.8, 4) is 11.5 Å². The summed E-state index contributed by atoms with van der Waals surface area (Å²) in [7, 11) is 0. The molecule has 2 aliphatic heterocycles. The van der Waals surface area contributed by atoms with Gasteiger partial charge in [0.1, 0.15) is 30.1 Å². The van der Waals surface area contributed by atoms with Crippen LogP contribution < -0.4 is 9.64 Å². The zero-order valence-corrected chi connectivity index (χ0v) is 14.1. The third-order valence-corrected chi connectivity index (χ3v) is 4.71. The van der Waals surface area contributed by atoms with E-state index in [-0.39, 0.29) is 18.2 Å². The van der Waals surface area contributed by atoms with Gasteiger partial charge in [-0.15, -0.1) is 0 Å². The molecule has 2 aliphatic rings. The summed E-state index contributed by atoms with van der Waals surface area (Å²) < 4.78 is 25.1. The second-order valence-corrected chi connectivity index (χ2v) is 6.78. The molecule has 0 aliphatic carbocycles. The lowest BCUT2D eigenvalue weighted by atomic mass is 9.90. The molecule has 2 fully saturated rings. The number of hydrogen-bond acceptors (Lipinski definition) is 6. The van der Waals surface area contributed by atoms with Gasteiger partial charge in [0.25, 0.3) is 0 Å². The molecule has 6 nitrogen and oxygen atoms in total. The summed E-state index contributed by atoms with van der Waals surface area (Å²) in [6.07, 6.45) is 3.44. The average molecular weight is 394 g/mol. The molecule has 1 aromatic carbocycles. The van der Waals surface area contributed by atoms with Crippen LogP contribution in [0.15, 0.2) is 35.2 Å². The van der Waals surface area contributed by atoms with E-state index in [2.05, 4.69) is 25.9 Å². The number of ether oxygens (including phenoxy) is 2. The van der Waals surface area contributed by atoms with Crippen LogP contribution in [0, 0.1) is 5.82 Å². The number of carbonyl (C=O) groups is 1. The molecule has 3 heterocycles. The van der Waals surface area contributed by atoms with E-state index in [1.165, 1.54) is 24.5 Å². The first kappa shape index (κ1) is 15.5. The molecule has 0 atom stereocenters. The Labute approximate surface area is 145 Å². The zero-order valence-electron chi connectivity index (χ0n) is 12.5. The van der Waals surface area contributed by atoms with Crippen LogP contribution in [0.4, 0.5) is 10.2 Å². The standard InChI is InChI=1S/C16H13BrFN3O3/c17-12-3-10(18)1-2-13(12)24-14-5-19-9-20-15(14)21-7-16(8-21)4-11(22)6-23-16/h1-3,5,9H,4,6-8H2. The Morgan fingerprint density at radius 1 is 1.33 bits per heavy atom. The summed E-state index contributed by atoms with van der Waals surface area (Å²) in [6, 6.07) is 4.18. The minimum atomic E-state index is -0.393. The van der Waals surface area contributed by atoms with Crippen molar-refractivity contribution in [2.45, 2.75) is 12.0 Å². The van der Waals surface area contributed by atoms with Crippen LogP contribution in [0.25, 0.3) is 0 Å². The van der Waals surface area contributed by atoms with Gasteiger partial charge < -0.3 is 14.4 Å². The summed E-state index contributed by atoms with van der Waals surface area (Å²) in [6.45, 7) is 1.34. The van der Waals surface area contributed by atoms with Gasteiger partial charge in [-0.2, -0.15) is 0 Å². The van der Waals surface area contributed by atoms with Crippen LogP contribution in [0.5, 0.6) is 11.5 Å². The number of Topliss-reactive ketones (excluding diaryl/α,β-unsaturated/α-hetero) is 1. The molecule has 0 radical (unpaired) electrons. The van der Waals surface area contributed by atoms with Gasteiger partial charge in [-0.1, -0.05) is 0 Å². The SMILES string of the molecule is O=C1COC2(C1)CN(c1ncncc1Oc1ccc(F)cc1Br)C2. The van der Waals surface area contributed by atoms with Gasteiger partial charge in [0, 0.05) is 6.42 Å². The van der Waals surface area contributed by atoms with Gasteiger partial charge in [-0.25, -0.2) is 14.4 Å². The Morgan fingerprint density at radius 2 is 2.17 bits per heavy atom. The van der Waals surface area contributed by atoms with Gasteiger partial charge in [0.2, 0.25) is 0 Å².